The summed E-state index contributed by atoms with van der Waals surface area (Å²) in [5, 5.41) is 9.80. The topological polar surface area (TPSA) is 61.0 Å². The van der Waals surface area contributed by atoms with Crippen molar-refractivity contribution in [1.82, 2.24) is 10.2 Å². The average molecular weight is 445 g/mol. The molecule has 0 bridgehead atoms. The van der Waals surface area contributed by atoms with E-state index in [0.29, 0.717) is 17.1 Å². The van der Waals surface area contributed by atoms with Crippen molar-refractivity contribution in [3.05, 3.63) is 95.8 Å². The van der Waals surface area contributed by atoms with Crippen LogP contribution in [0.25, 0.3) is 11.3 Å². The molecule has 7 heteroatoms. The molecule has 0 saturated carbocycles. The molecule has 2 heterocycles. The second-order valence-corrected chi connectivity index (χ2v) is 8.67. The van der Waals surface area contributed by atoms with Crippen molar-refractivity contribution in [1.29, 1.82) is 0 Å². The fourth-order valence-electron chi connectivity index (χ4n) is 3.74. The van der Waals surface area contributed by atoms with Crippen LogP contribution in [0.1, 0.15) is 22.3 Å². The van der Waals surface area contributed by atoms with E-state index in [1.807, 2.05) is 24.3 Å². The molecule has 0 atom stereocenters. The van der Waals surface area contributed by atoms with Gasteiger partial charge >= 0.3 is 0 Å². The molecular weight excluding hydrogens is 423 g/mol. The number of aromatic amines is 1. The molecule has 5 rings (SSSR count). The van der Waals surface area contributed by atoms with Gasteiger partial charge in [0.05, 0.1) is 11.4 Å². The molecule has 1 aromatic heterocycles. The van der Waals surface area contributed by atoms with E-state index in [0.717, 1.165) is 29.8 Å². The highest BCUT2D eigenvalue weighted by atomic mass is 32.2. The Kier molecular flexibility index (Phi) is 5.64. The summed E-state index contributed by atoms with van der Waals surface area (Å²) in [4.78, 5) is 13.7. The molecule has 1 aliphatic rings. The first-order valence-electron chi connectivity index (χ1n) is 10.4. The largest absolute Gasteiger partial charge is 0.312 e. The van der Waals surface area contributed by atoms with Gasteiger partial charge in [-0.25, -0.2) is 4.39 Å². The average Bonchev–Trinajstić information content (AvgIpc) is 3.29. The number of benzene rings is 3. The van der Waals surface area contributed by atoms with Crippen LogP contribution in [-0.2, 0) is 6.42 Å². The van der Waals surface area contributed by atoms with Crippen molar-refractivity contribution in [3.8, 4) is 11.3 Å². The zero-order valence-electron chi connectivity index (χ0n) is 17.2. The molecule has 3 aromatic carbocycles. The Hall–Kier alpha value is -3.58. The number of aryl methyl sites for hydroxylation is 1. The number of nitrogens with one attached hydrogen (secondary N) is 2. The van der Waals surface area contributed by atoms with Gasteiger partial charge in [-0.1, -0.05) is 18.2 Å². The standard InChI is InChI=1S/C25H21FN4OS/c26-20-11-7-17(8-12-20)22-16-24(29-28-22)27-25(31)19-9-13-21(14-10-19)32-30-15-3-5-18-4-1-2-6-23(18)30/h1-2,4,6-14,16H,3,5,15H2,(H2,27,28,29,31). The minimum atomic E-state index is -0.298. The SMILES string of the molecule is O=C(Nc1cc(-c2ccc(F)cc2)[nH]n1)c1ccc(SN2CCCc3ccccc32)cc1. The van der Waals surface area contributed by atoms with Crippen molar-refractivity contribution in [2.24, 2.45) is 0 Å². The van der Waals surface area contributed by atoms with Crippen molar-refractivity contribution >= 4 is 29.4 Å². The molecule has 0 saturated heterocycles. The highest BCUT2D eigenvalue weighted by molar-refractivity contribution is 8.00. The Morgan fingerprint density at radius 3 is 2.62 bits per heavy atom. The van der Waals surface area contributed by atoms with Crippen LogP contribution in [0.15, 0.2) is 83.8 Å². The fraction of sp³-hybridized carbons (Fsp3) is 0.120. The van der Waals surface area contributed by atoms with Crippen LogP contribution >= 0.6 is 11.9 Å². The van der Waals surface area contributed by atoms with Gasteiger partial charge < -0.3 is 9.62 Å². The van der Waals surface area contributed by atoms with Crippen LogP contribution in [0, 0.1) is 5.82 Å². The summed E-state index contributed by atoms with van der Waals surface area (Å²) in [5.74, 6) is -0.118. The summed E-state index contributed by atoms with van der Waals surface area (Å²) in [6.45, 7) is 0.999. The molecule has 0 unspecified atom stereocenters. The van der Waals surface area contributed by atoms with Crippen molar-refractivity contribution in [2.45, 2.75) is 17.7 Å². The number of carbonyl (C=O) groups excluding carboxylic acids is 1. The predicted molar refractivity (Wildman–Crippen MR) is 126 cm³/mol. The minimum absolute atomic E-state index is 0.234. The number of aromatic nitrogens is 2. The molecule has 0 spiro atoms. The number of halogens is 1. The summed E-state index contributed by atoms with van der Waals surface area (Å²) in [5.41, 5.74) is 4.69. The smallest absolute Gasteiger partial charge is 0.256 e. The summed E-state index contributed by atoms with van der Waals surface area (Å²) < 4.78 is 15.4. The number of carbonyl (C=O) groups is 1. The molecule has 1 amide bonds. The Labute approximate surface area is 189 Å². The van der Waals surface area contributed by atoms with Gasteiger partial charge in [0, 0.05) is 23.1 Å². The Balaban J connectivity index is 1.24. The molecular formula is C25H21FN4OS. The van der Waals surface area contributed by atoms with E-state index in [1.54, 1.807) is 30.1 Å². The van der Waals surface area contributed by atoms with Crippen LogP contribution in [-0.4, -0.2) is 22.6 Å². The number of nitrogens with zero attached hydrogens (tertiary/aromatic N) is 2. The Morgan fingerprint density at radius 1 is 1.03 bits per heavy atom. The van der Waals surface area contributed by atoms with Gasteiger partial charge in [0.2, 0.25) is 0 Å². The third-order valence-corrected chi connectivity index (χ3v) is 6.46. The van der Waals surface area contributed by atoms with Gasteiger partial charge in [-0.3, -0.25) is 9.89 Å². The van der Waals surface area contributed by atoms with Crippen LogP contribution in [0.2, 0.25) is 0 Å². The van der Waals surface area contributed by atoms with E-state index >= 15 is 0 Å². The maximum absolute atomic E-state index is 13.1. The quantitative estimate of drug-likeness (QED) is 0.375. The molecule has 1 aliphatic heterocycles. The lowest BCUT2D eigenvalue weighted by Crippen LogP contribution is -2.22. The first-order valence-corrected chi connectivity index (χ1v) is 11.2. The highest BCUT2D eigenvalue weighted by Gasteiger charge is 2.17. The predicted octanol–water partition coefficient (Wildman–Crippen LogP) is 5.93. The molecule has 0 radical (unpaired) electrons. The first-order chi connectivity index (χ1) is 15.7. The monoisotopic (exact) mass is 444 g/mol. The number of amides is 1. The molecule has 4 aromatic rings. The van der Waals surface area contributed by atoms with Crippen molar-refractivity contribution in [2.75, 3.05) is 16.2 Å². The summed E-state index contributed by atoms with van der Waals surface area (Å²) >= 11 is 1.69. The van der Waals surface area contributed by atoms with Crippen LogP contribution in [0.5, 0.6) is 0 Å². The van der Waals surface area contributed by atoms with Gasteiger partial charge in [-0.15, -0.1) is 0 Å². The molecule has 0 fully saturated rings. The summed E-state index contributed by atoms with van der Waals surface area (Å²) in [6.07, 6.45) is 2.25. The highest BCUT2D eigenvalue weighted by Crippen LogP contribution is 2.35. The third-order valence-electron chi connectivity index (χ3n) is 5.37. The second kappa shape index (κ2) is 8.88. The lowest BCUT2D eigenvalue weighted by molar-refractivity contribution is 0.102. The summed E-state index contributed by atoms with van der Waals surface area (Å²) in [6, 6.07) is 23.9. The van der Waals surface area contributed by atoms with E-state index in [1.165, 1.54) is 23.4 Å². The molecule has 32 heavy (non-hydrogen) atoms. The number of hydrogen-bond acceptors (Lipinski definition) is 4. The number of anilines is 2. The van der Waals surface area contributed by atoms with Gasteiger partial charge in [0.15, 0.2) is 5.82 Å². The number of rotatable bonds is 5. The number of hydrogen-bond donors (Lipinski definition) is 2. The zero-order valence-corrected chi connectivity index (χ0v) is 18.0. The van der Waals surface area contributed by atoms with Gasteiger partial charge in [-0.05, 0) is 90.5 Å². The normalized spacial score (nSPS) is 13.0. The van der Waals surface area contributed by atoms with Crippen LogP contribution < -0.4 is 9.62 Å². The van der Waals surface area contributed by atoms with Gasteiger partial charge in [0.25, 0.3) is 5.91 Å². The van der Waals surface area contributed by atoms with E-state index in [9.17, 15) is 9.18 Å². The van der Waals surface area contributed by atoms with E-state index < -0.39 is 0 Å². The number of H-pyrrole nitrogens is 1. The Bertz CT molecular complexity index is 1240. The van der Waals surface area contributed by atoms with Gasteiger partial charge in [-0.2, -0.15) is 5.10 Å². The van der Waals surface area contributed by atoms with Crippen molar-refractivity contribution < 1.29 is 9.18 Å². The fourth-order valence-corrected chi connectivity index (χ4v) is 4.75. The first kappa shape index (κ1) is 20.3. The Morgan fingerprint density at radius 2 is 1.81 bits per heavy atom. The third kappa shape index (κ3) is 4.38. The van der Waals surface area contributed by atoms with Crippen LogP contribution in [0.3, 0.4) is 0 Å². The number of para-hydroxylation sites is 1. The number of fused-ring (bicyclic) bond motifs is 1. The van der Waals surface area contributed by atoms with Gasteiger partial charge in [0.1, 0.15) is 5.82 Å². The lowest BCUT2D eigenvalue weighted by atomic mass is 10.0. The van der Waals surface area contributed by atoms with E-state index in [2.05, 4.69) is 44.1 Å². The zero-order chi connectivity index (χ0) is 21.9. The maximum Gasteiger partial charge on any atom is 0.256 e. The lowest BCUT2D eigenvalue weighted by Gasteiger charge is -2.29. The summed E-state index contributed by atoms with van der Waals surface area (Å²) in [7, 11) is 0. The second-order valence-electron chi connectivity index (χ2n) is 7.58. The molecule has 5 nitrogen and oxygen atoms in total. The minimum Gasteiger partial charge on any atom is -0.312 e. The van der Waals surface area contributed by atoms with Crippen molar-refractivity contribution in [3.63, 3.8) is 0 Å². The molecule has 0 aliphatic carbocycles. The maximum atomic E-state index is 13.1. The molecule has 160 valence electrons. The van der Waals surface area contributed by atoms with E-state index in [-0.39, 0.29) is 11.7 Å². The molecule has 2 N–H and O–H groups in total. The van der Waals surface area contributed by atoms with E-state index in [4.69, 9.17) is 0 Å². The van der Waals surface area contributed by atoms with Crippen LogP contribution in [0.4, 0.5) is 15.9 Å².